The molecule has 0 aliphatic heterocycles. The Morgan fingerprint density at radius 1 is 1.20 bits per heavy atom. The molecule has 1 N–H and O–H groups in total. The molecule has 124 valence electrons. The fraction of sp³-hybridized carbons (Fsp3) is 0.105. The third-order valence-electron chi connectivity index (χ3n) is 3.70. The van der Waals surface area contributed by atoms with E-state index < -0.39 is 0 Å². The van der Waals surface area contributed by atoms with Crippen LogP contribution in [0.5, 0.6) is 0 Å². The van der Waals surface area contributed by atoms with Crippen LogP contribution in [0.15, 0.2) is 54.6 Å². The molecule has 3 rings (SSSR count). The number of anilines is 3. The van der Waals surface area contributed by atoms with Crippen molar-refractivity contribution in [3.8, 4) is 6.07 Å². The van der Waals surface area contributed by atoms with Crippen molar-refractivity contribution in [2.75, 3.05) is 10.2 Å². The summed E-state index contributed by atoms with van der Waals surface area (Å²) < 4.78 is 0. The number of nitriles is 1. The summed E-state index contributed by atoms with van der Waals surface area (Å²) in [7, 11) is 0. The lowest BCUT2D eigenvalue weighted by molar-refractivity contribution is -0.105. The summed E-state index contributed by atoms with van der Waals surface area (Å²) in [5.74, 6) is 0.571. The maximum absolute atomic E-state index is 10.7. The van der Waals surface area contributed by atoms with E-state index in [1.54, 1.807) is 12.1 Å². The molecule has 0 saturated heterocycles. The summed E-state index contributed by atoms with van der Waals surface area (Å²) in [6.45, 7) is 2.56. The average molecular weight is 348 g/mol. The lowest BCUT2D eigenvalue weighted by Gasteiger charge is -2.22. The molecule has 0 aliphatic rings. The summed E-state index contributed by atoms with van der Waals surface area (Å²) >= 11 is 1.51. The summed E-state index contributed by atoms with van der Waals surface area (Å²) in [6, 6.07) is 19.6. The lowest BCUT2D eigenvalue weighted by atomic mass is 10.2. The zero-order valence-corrected chi connectivity index (χ0v) is 14.5. The van der Waals surface area contributed by atoms with Crippen molar-refractivity contribution in [1.82, 2.24) is 4.98 Å². The maximum atomic E-state index is 10.7. The number of thiazole rings is 1. The molecule has 0 aliphatic carbocycles. The topological polar surface area (TPSA) is 69.0 Å². The Kier molecular flexibility index (Phi) is 5.07. The highest BCUT2D eigenvalue weighted by Crippen LogP contribution is 2.34. The smallest absolute Gasteiger partial charge is 0.212 e. The van der Waals surface area contributed by atoms with Gasteiger partial charge in [0.1, 0.15) is 5.82 Å². The number of hydrogen-bond donors (Lipinski definition) is 1. The van der Waals surface area contributed by atoms with Gasteiger partial charge in [0, 0.05) is 10.6 Å². The van der Waals surface area contributed by atoms with Gasteiger partial charge in [-0.25, -0.2) is 4.98 Å². The molecule has 6 heteroatoms. The first-order valence-electron chi connectivity index (χ1n) is 7.70. The number of carbonyl (C=O) groups is 1. The lowest BCUT2D eigenvalue weighted by Crippen LogP contribution is -2.16. The molecular weight excluding hydrogens is 332 g/mol. The van der Waals surface area contributed by atoms with Crippen molar-refractivity contribution >= 4 is 34.4 Å². The highest BCUT2D eigenvalue weighted by Gasteiger charge is 2.16. The van der Waals surface area contributed by atoms with Crippen molar-refractivity contribution in [3.05, 3.63) is 70.6 Å². The molecule has 0 atom stereocenters. The second kappa shape index (κ2) is 7.60. The summed E-state index contributed by atoms with van der Waals surface area (Å²) in [5, 5.41) is 12.4. The van der Waals surface area contributed by atoms with E-state index >= 15 is 0 Å². The van der Waals surface area contributed by atoms with Crippen LogP contribution in [-0.2, 0) is 11.3 Å². The van der Waals surface area contributed by atoms with E-state index in [2.05, 4.69) is 33.4 Å². The SMILES string of the molecule is Cc1sc(N(Cc2ccccc2)c2ccc(C#N)cc2)nc1NC=O. The molecule has 0 saturated carbocycles. The first-order valence-corrected chi connectivity index (χ1v) is 8.52. The molecule has 1 amide bonds. The van der Waals surface area contributed by atoms with Gasteiger partial charge in [0.15, 0.2) is 5.13 Å². The van der Waals surface area contributed by atoms with Crippen molar-refractivity contribution in [3.63, 3.8) is 0 Å². The van der Waals surface area contributed by atoms with E-state index in [1.807, 2.05) is 37.3 Å². The second-order valence-electron chi connectivity index (χ2n) is 5.39. The van der Waals surface area contributed by atoms with Crippen molar-refractivity contribution in [2.45, 2.75) is 13.5 Å². The Labute approximate surface area is 150 Å². The third kappa shape index (κ3) is 3.84. The van der Waals surface area contributed by atoms with Gasteiger partial charge >= 0.3 is 0 Å². The van der Waals surface area contributed by atoms with E-state index in [0.29, 0.717) is 24.3 Å². The largest absolute Gasteiger partial charge is 0.313 e. The molecule has 0 radical (unpaired) electrons. The van der Waals surface area contributed by atoms with Crippen LogP contribution in [0.25, 0.3) is 0 Å². The molecule has 0 spiro atoms. The Morgan fingerprint density at radius 2 is 1.92 bits per heavy atom. The van der Waals surface area contributed by atoms with Gasteiger partial charge in [0.25, 0.3) is 0 Å². The number of aryl methyl sites for hydroxylation is 1. The minimum Gasteiger partial charge on any atom is -0.313 e. The van der Waals surface area contributed by atoms with Crippen LogP contribution in [0.1, 0.15) is 16.0 Å². The van der Waals surface area contributed by atoms with Gasteiger partial charge in [-0.3, -0.25) is 4.79 Å². The quantitative estimate of drug-likeness (QED) is 0.677. The van der Waals surface area contributed by atoms with Crippen LogP contribution in [-0.4, -0.2) is 11.4 Å². The first kappa shape index (κ1) is 16.7. The normalized spacial score (nSPS) is 10.1. The minimum absolute atomic E-state index is 0.571. The number of nitrogens with zero attached hydrogens (tertiary/aromatic N) is 3. The average Bonchev–Trinajstić information content (AvgIpc) is 3.01. The van der Waals surface area contributed by atoms with Gasteiger partial charge in [-0.15, -0.1) is 0 Å². The Bertz CT molecular complexity index is 897. The molecule has 2 aromatic carbocycles. The molecular formula is C19H16N4OS. The third-order valence-corrected chi connectivity index (χ3v) is 4.70. The monoisotopic (exact) mass is 348 g/mol. The molecule has 0 unspecified atom stereocenters. The van der Waals surface area contributed by atoms with Gasteiger partial charge in [0.05, 0.1) is 18.2 Å². The fourth-order valence-corrected chi connectivity index (χ4v) is 3.33. The van der Waals surface area contributed by atoms with Gasteiger partial charge in [-0.1, -0.05) is 41.7 Å². The van der Waals surface area contributed by atoms with E-state index in [4.69, 9.17) is 5.26 Å². The van der Waals surface area contributed by atoms with E-state index in [9.17, 15) is 4.79 Å². The highest BCUT2D eigenvalue weighted by molar-refractivity contribution is 7.16. The zero-order valence-electron chi connectivity index (χ0n) is 13.6. The number of hydrogen-bond acceptors (Lipinski definition) is 5. The summed E-state index contributed by atoms with van der Waals surface area (Å²) in [5.41, 5.74) is 2.70. The van der Waals surface area contributed by atoms with Crippen LogP contribution in [0, 0.1) is 18.3 Å². The highest BCUT2D eigenvalue weighted by atomic mass is 32.1. The number of benzene rings is 2. The Balaban J connectivity index is 2.00. The molecule has 5 nitrogen and oxygen atoms in total. The van der Waals surface area contributed by atoms with Gasteiger partial charge in [0.2, 0.25) is 6.41 Å². The standard InChI is InChI=1S/C19H16N4OS/c1-14-18(21-13-24)22-19(25-14)23(12-16-5-3-2-4-6-16)17-9-7-15(11-20)8-10-17/h2-10,13H,12H2,1H3,(H,21,24). The molecule has 1 heterocycles. The number of amides is 1. The minimum atomic E-state index is 0.571. The molecule has 1 aromatic heterocycles. The van der Waals surface area contributed by atoms with Crippen molar-refractivity contribution in [1.29, 1.82) is 5.26 Å². The number of rotatable bonds is 6. The maximum Gasteiger partial charge on any atom is 0.212 e. The Hall–Kier alpha value is -3.17. The predicted molar refractivity (Wildman–Crippen MR) is 100.0 cm³/mol. The van der Waals surface area contributed by atoms with E-state index in [0.717, 1.165) is 21.3 Å². The second-order valence-corrected chi connectivity index (χ2v) is 6.58. The van der Waals surface area contributed by atoms with Gasteiger partial charge in [-0.05, 0) is 36.8 Å². The van der Waals surface area contributed by atoms with Crippen LogP contribution < -0.4 is 10.2 Å². The van der Waals surface area contributed by atoms with Crippen LogP contribution in [0.3, 0.4) is 0 Å². The first-order chi connectivity index (χ1) is 12.2. The fourth-order valence-electron chi connectivity index (χ4n) is 2.44. The van der Waals surface area contributed by atoms with Crippen LogP contribution in [0.4, 0.5) is 16.6 Å². The van der Waals surface area contributed by atoms with Gasteiger partial charge < -0.3 is 10.2 Å². The van der Waals surface area contributed by atoms with Crippen molar-refractivity contribution < 1.29 is 4.79 Å². The summed E-state index contributed by atoms with van der Waals surface area (Å²) in [4.78, 5) is 18.3. The van der Waals surface area contributed by atoms with E-state index in [-0.39, 0.29) is 0 Å². The zero-order chi connectivity index (χ0) is 17.6. The molecule has 0 bridgehead atoms. The molecule has 3 aromatic rings. The van der Waals surface area contributed by atoms with Crippen LogP contribution in [0.2, 0.25) is 0 Å². The van der Waals surface area contributed by atoms with Crippen molar-refractivity contribution in [2.24, 2.45) is 0 Å². The Morgan fingerprint density at radius 3 is 2.56 bits per heavy atom. The van der Waals surface area contributed by atoms with Crippen LogP contribution >= 0.6 is 11.3 Å². The number of carbonyl (C=O) groups excluding carboxylic acids is 1. The molecule has 25 heavy (non-hydrogen) atoms. The predicted octanol–water partition coefficient (Wildman–Crippen LogP) is 4.23. The molecule has 0 fully saturated rings. The number of nitrogens with one attached hydrogen (secondary N) is 1. The van der Waals surface area contributed by atoms with E-state index in [1.165, 1.54) is 11.3 Å². The number of aromatic nitrogens is 1. The summed E-state index contributed by atoms with van der Waals surface area (Å²) in [6.07, 6.45) is 0.634. The van der Waals surface area contributed by atoms with Gasteiger partial charge in [-0.2, -0.15) is 5.26 Å².